The van der Waals surface area contributed by atoms with Gasteiger partial charge in [-0.25, -0.2) is 0 Å². The molecule has 0 saturated carbocycles. The van der Waals surface area contributed by atoms with Crippen molar-refractivity contribution in [2.24, 2.45) is 0 Å². The standard InChI is InChI=1S/C15H17Br2ClN2O/c1-3-12-14(18)13(20(4-2)19-12)9-21-15-10(8-16)6-5-7-11(15)17/h5-7H,3-4,8-9H2,1-2H3. The third-order valence-corrected chi connectivity index (χ3v) is 4.90. The SMILES string of the molecule is CCc1nn(CC)c(COc2c(Br)cccc2CBr)c1Cl. The van der Waals surface area contributed by atoms with Crippen LogP contribution in [0.1, 0.15) is 30.8 Å². The summed E-state index contributed by atoms with van der Waals surface area (Å²) in [5.74, 6) is 0.840. The van der Waals surface area contributed by atoms with Crippen molar-refractivity contribution in [1.82, 2.24) is 9.78 Å². The Morgan fingerprint density at radius 2 is 2.10 bits per heavy atom. The number of halogens is 3. The zero-order valence-corrected chi connectivity index (χ0v) is 15.9. The molecule has 0 atom stereocenters. The first-order chi connectivity index (χ1) is 10.1. The van der Waals surface area contributed by atoms with Gasteiger partial charge in [0.05, 0.1) is 20.9 Å². The predicted octanol–water partition coefficient (Wildman–Crippen LogP) is 5.36. The third kappa shape index (κ3) is 3.63. The quantitative estimate of drug-likeness (QED) is 0.571. The maximum atomic E-state index is 6.40. The van der Waals surface area contributed by atoms with Gasteiger partial charge in [-0.3, -0.25) is 4.68 Å². The topological polar surface area (TPSA) is 27.1 Å². The molecule has 0 fully saturated rings. The van der Waals surface area contributed by atoms with Gasteiger partial charge in [0.25, 0.3) is 0 Å². The van der Waals surface area contributed by atoms with E-state index < -0.39 is 0 Å². The van der Waals surface area contributed by atoms with E-state index in [0.29, 0.717) is 11.6 Å². The molecule has 0 aliphatic carbocycles. The van der Waals surface area contributed by atoms with Gasteiger partial charge in [0.15, 0.2) is 0 Å². The molecule has 0 spiro atoms. The van der Waals surface area contributed by atoms with E-state index in [4.69, 9.17) is 16.3 Å². The fourth-order valence-electron chi connectivity index (χ4n) is 2.12. The van der Waals surface area contributed by atoms with E-state index >= 15 is 0 Å². The van der Waals surface area contributed by atoms with Crippen molar-refractivity contribution >= 4 is 43.5 Å². The maximum absolute atomic E-state index is 6.40. The van der Waals surface area contributed by atoms with Crippen LogP contribution in [0.4, 0.5) is 0 Å². The monoisotopic (exact) mass is 434 g/mol. The minimum atomic E-state index is 0.405. The first kappa shape index (κ1) is 16.8. The zero-order valence-electron chi connectivity index (χ0n) is 12.0. The molecule has 6 heteroatoms. The van der Waals surface area contributed by atoms with E-state index in [0.717, 1.165) is 45.5 Å². The summed E-state index contributed by atoms with van der Waals surface area (Å²) >= 11 is 13.4. The Morgan fingerprint density at radius 1 is 1.33 bits per heavy atom. The summed E-state index contributed by atoms with van der Waals surface area (Å²) in [6.45, 7) is 5.28. The van der Waals surface area contributed by atoms with Crippen molar-refractivity contribution in [1.29, 1.82) is 0 Å². The molecule has 1 aromatic carbocycles. The molecule has 0 unspecified atom stereocenters. The van der Waals surface area contributed by atoms with Gasteiger partial charge in [0.2, 0.25) is 0 Å². The molecule has 21 heavy (non-hydrogen) atoms. The number of hydrogen-bond donors (Lipinski definition) is 0. The van der Waals surface area contributed by atoms with E-state index in [1.165, 1.54) is 0 Å². The number of rotatable bonds is 6. The Balaban J connectivity index is 2.26. The summed E-state index contributed by atoms with van der Waals surface area (Å²) < 4.78 is 8.85. The maximum Gasteiger partial charge on any atom is 0.138 e. The van der Waals surface area contributed by atoms with Crippen molar-refractivity contribution in [2.45, 2.75) is 38.8 Å². The van der Waals surface area contributed by atoms with Crippen molar-refractivity contribution in [2.75, 3.05) is 0 Å². The van der Waals surface area contributed by atoms with Gasteiger partial charge >= 0.3 is 0 Å². The molecule has 2 aromatic rings. The Hall–Kier alpha value is -0.520. The zero-order chi connectivity index (χ0) is 15.4. The fraction of sp³-hybridized carbons (Fsp3) is 0.400. The van der Waals surface area contributed by atoms with E-state index in [2.05, 4.69) is 50.8 Å². The highest BCUT2D eigenvalue weighted by atomic mass is 79.9. The minimum Gasteiger partial charge on any atom is -0.486 e. The van der Waals surface area contributed by atoms with Crippen LogP contribution in [0.2, 0.25) is 5.02 Å². The molecule has 1 heterocycles. The first-order valence-electron chi connectivity index (χ1n) is 6.82. The van der Waals surface area contributed by atoms with Crippen LogP contribution in [0.25, 0.3) is 0 Å². The number of benzene rings is 1. The predicted molar refractivity (Wildman–Crippen MR) is 93.4 cm³/mol. The molecule has 0 saturated heterocycles. The second-order valence-corrected chi connectivity index (χ2v) is 6.32. The molecule has 0 N–H and O–H groups in total. The summed E-state index contributed by atoms with van der Waals surface area (Å²) in [7, 11) is 0. The van der Waals surface area contributed by atoms with Gasteiger partial charge in [-0.15, -0.1) is 0 Å². The van der Waals surface area contributed by atoms with E-state index in [1.807, 2.05) is 22.9 Å². The number of ether oxygens (including phenoxy) is 1. The van der Waals surface area contributed by atoms with Crippen LogP contribution >= 0.6 is 43.5 Å². The Morgan fingerprint density at radius 3 is 2.71 bits per heavy atom. The van der Waals surface area contributed by atoms with Gasteiger partial charge in [0.1, 0.15) is 12.4 Å². The number of alkyl halides is 1. The van der Waals surface area contributed by atoms with Crippen LogP contribution in [0.5, 0.6) is 5.75 Å². The van der Waals surface area contributed by atoms with Crippen molar-refractivity contribution in [3.05, 3.63) is 44.6 Å². The molecule has 0 bridgehead atoms. The third-order valence-electron chi connectivity index (χ3n) is 3.24. The molecule has 114 valence electrons. The Kier molecular flexibility index (Phi) is 6.14. The smallest absolute Gasteiger partial charge is 0.138 e. The average molecular weight is 437 g/mol. The van der Waals surface area contributed by atoms with Crippen molar-refractivity contribution in [3.63, 3.8) is 0 Å². The lowest BCUT2D eigenvalue weighted by molar-refractivity contribution is 0.288. The number of aromatic nitrogens is 2. The molecule has 0 radical (unpaired) electrons. The highest BCUT2D eigenvalue weighted by molar-refractivity contribution is 9.10. The Bertz CT molecular complexity index is 628. The van der Waals surface area contributed by atoms with Crippen LogP contribution in [-0.4, -0.2) is 9.78 Å². The van der Waals surface area contributed by atoms with E-state index in [-0.39, 0.29) is 0 Å². The van der Waals surface area contributed by atoms with E-state index in [1.54, 1.807) is 0 Å². The largest absolute Gasteiger partial charge is 0.486 e. The van der Waals surface area contributed by atoms with Gasteiger partial charge in [-0.2, -0.15) is 5.10 Å². The van der Waals surface area contributed by atoms with Crippen LogP contribution in [-0.2, 0) is 24.9 Å². The number of hydrogen-bond acceptors (Lipinski definition) is 2. The van der Waals surface area contributed by atoms with Crippen molar-refractivity contribution < 1.29 is 4.74 Å². The molecule has 1 aromatic heterocycles. The lowest BCUT2D eigenvalue weighted by atomic mass is 10.2. The number of para-hydroxylation sites is 1. The van der Waals surface area contributed by atoms with Crippen molar-refractivity contribution in [3.8, 4) is 5.75 Å². The van der Waals surface area contributed by atoms with Crippen LogP contribution in [0, 0.1) is 0 Å². The summed E-state index contributed by atoms with van der Waals surface area (Å²) in [5.41, 5.74) is 2.94. The fourth-order valence-corrected chi connectivity index (χ4v) is 3.40. The van der Waals surface area contributed by atoms with Crippen LogP contribution in [0.3, 0.4) is 0 Å². The molecular formula is C15H17Br2ClN2O. The van der Waals surface area contributed by atoms with Crippen LogP contribution in [0.15, 0.2) is 22.7 Å². The second-order valence-electron chi connectivity index (χ2n) is 4.53. The number of aryl methyl sites for hydroxylation is 2. The van der Waals surface area contributed by atoms with Gasteiger partial charge < -0.3 is 4.74 Å². The average Bonchev–Trinajstić information content (AvgIpc) is 2.81. The van der Waals surface area contributed by atoms with Gasteiger partial charge in [-0.05, 0) is 35.3 Å². The van der Waals surface area contributed by atoms with E-state index in [9.17, 15) is 0 Å². The van der Waals surface area contributed by atoms with Crippen LogP contribution < -0.4 is 4.74 Å². The normalized spacial score (nSPS) is 10.9. The first-order valence-corrected chi connectivity index (χ1v) is 9.11. The highest BCUT2D eigenvalue weighted by Crippen LogP contribution is 2.32. The lowest BCUT2D eigenvalue weighted by Crippen LogP contribution is -2.07. The minimum absolute atomic E-state index is 0.405. The van der Waals surface area contributed by atoms with Gasteiger partial charge in [0, 0.05) is 17.4 Å². The summed E-state index contributed by atoms with van der Waals surface area (Å²) in [6.07, 6.45) is 0.820. The molecule has 0 aliphatic rings. The molecule has 0 aliphatic heterocycles. The number of nitrogens with zero attached hydrogens (tertiary/aromatic N) is 2. The molecular weight excluding hydrogens is 419 g/mol. The van der Waals surface area contributed by atoms with Gasteiger partial charge in [-0.1, -0.05) is 46.6 Å². The molecule has 0 amide bonds. The molecule has 2 rings (SSSR count). The highest BCUT2D eigenvalue weighted by Gasteiger charge is 2.16. The second kappa shape index (κ2) is 7.65. The summed E-state index contributed by atoms with van der Waals surface area (Å²) in [5, 5.41) is 5.96. The lowest BCUT2D eigenvalue weighted by Gasteiger charge is -2.13. The summed E-state index contributed by atoms with van der Waals surface area (Å²) in [6, 6.07) is 5.99. The summed E-state index contributed by atoms with van der Waals surface area (Å²) in [4.78, 5) is 0. The molecule has 3 nitrogen and oxygen atoms in total. The Labute approximate surface area is 146 Å².